The molecule has 0 heterocycles. The van der Waals surface area contributed by atoms with Crippen molar-refractivity contribution in [2.45, 2.75) is 0 Å². The third-order valence-electron chi connectivity index (χ3n) is 0.0238. The molecule has 0 bridgehead atoms. The van der Waals surface area contributed by atoms with E-state index in [1.165, 1.54) is 0 Å². The molecule has 0 saturated heterocycles. The zero-order valence-corrected chi connectivity index (χ0v) is 5.98. The molecule has 0 fully saturated rings. The molecule has 34 valence electrons. The monoisotopic (exact) mass is 294 g/mol. The van der Waals surface area contributed by atoms with Crippen molar-refractivity contribution in [1.82, 2.24) is 0 Å². The summed E-state index contributed by atoms with van der Waals surface area (Å²) in [4.78, 5) is 0. The first-order valence-electron chi connectivity index (χ1n) is 0.475. The third kappa shape index (κ3) is 11.1. The molecule has 0 aliphatic heterocycles. The summed E-state index contributed by atoms with van der Waals surface area (Å²) in [6.45, 7) is 0. The van der Waals surface area contributed by atoms with Gasteiger partial charge in [0.05, 0.1) is 0 Å². The van der Waals surface area contributed by atoms with E-state index in [9.17, 15) is 0 Å². The summed E-state index contributed by atoms with van der Waals surface area (Å²) in [5, 5.41) is 0. The van der Waals surface area contributed by atoms with Crippen LogP contribution >= 0.6 is 23.7 Å². The first-order chi connectivity index (χ1) is 1.91. The molecule has 5 heteroatoms. The number of hydrogen-bond acceptors (Lipinski definition) is 2. The molecule has 0 aliphatic carbocycles. The summed E-state index contributed by atoms with van der Waals surface area (Å²) in [6, 6.07) is 0. The molecule has 0 atom stereocenters. The Kier molecular flexibility index (Phi) is 16.9. The largest absolute Gasteiger partial charge is 0.102 e. The van der Waals surface area contributed by atoms with Crippen LogP contribution in [0.4, 0.5) is 0 Å². The zero-order chi connectivity index (χ0) is 3.41. The summed E-state index contributed by atoms with van der Waals surface area (Å²) in [5.74, 6) is 0. The van der Waals surface area contributed by atoms with E-state index < -0.39 is 0 Å². The van der Waals surface area contributed by atoms with Crippen LogP contribution in [-0.2, 0) is 28.7 Å². The maximum absolute atomic E-state index is 4.33. The maximum Gasteiger partial charge on any atom is 0.102 e. The minimum atomic E-state index is 0. The van der Waals surface area contributed by atoms with Crippen LogP contribution in [-0.4, -0.2) is 0 Å². The van der Waals surface area contributed by atoms with Gasteiger partial charge in [-0.3, -0.25) is 0 Å². The minimum Gasteiger partial charge on any atom is -0.102 e. The van der Waals surface area contributed by atoms with Gasteiger partial charge in [-0.2, -0.15) is 0 Å². The van der Waals surface area contributed by atoms with Gasteiger partial charge in [-0.05, 0) is 0 Å². The van der Waals surface area contributed by atoms with Crippen LogP contribution in [0.25, 0.3) is 0 Å². The van der Waals surface area contributed by atoms with Gasteiger partial charge in [0, 0.05) is 19.8 Å². The summed E-state index contributed by atoms with van der Waals surface area (Å²) in [7, 11) is 0. The average molecular weight is 293 g/mol. The second-order valence-electron chi connectivity index (χ2n) is 0.126. The topological polar surface area (TPSA) is 18.5 Å². The van der Waals surface area contributed by atoms with E-state index in [0.29, 0.717) is 0 Å². The SMILES string of the molecule is ClOOCl.[Os]. The van der Waals surface area contributed by atoms with Crippen LogP contribution in [0.15, 0.2) is 0 Å². The van der Waals surface area contributed by atoms with Gasteiger partial charge < -0.3 is 0 Å². The van der Waals surface area contributed by atoms with Crippen LogP contribution in [0.2, 0.25) is 0 Å². The van der Waals surface area contributed by atoms with Crippen molar-refractivity contribution in [3.63, 3.8) is 0 Å². The van der Waals surface area contributed by atoms with Crippen molar-refractivity contribution in [1.29, 1.82) is 0 Å². The average Bonchev–Trinajstić information content (AvgIpc) is 1.37. The summed E-state index contributed by atoms with van der Waals surface area (Å²) >= 11 is 8.66. The molecule has 0 aromatic heterocycles. The van der Waals surface area contributed by atoms with Gasteiger partial charge in [-0.25, -0.2) is 0 Å². The van der Waals surface area contributed by atoms with Crippen molar-refractivity contribution in [3.8, 4) is 0 Å². The minimum absolute atomic E-state index is 0. The van der Waals surface area contributed by atoms with Gasteiger partial charge in [0.2, 0.25) is 0 Å². The van der Waals surface area contributed by atoms with Crippen LogP contribution in [0.5, 0.6) is 0 Å². The van der Waals surface area contributed by atoms with Gasteiger partial charge in [-0.1, -0.05) is 0 Å². The Morgan fingerprint density at radius 3 is 1.20 bits per heavy atom. The molecule has 5 heavy (non-hydrogen) atoms. The van der Waals surface area contributed by atoms with E-state index in [2.05, 4.69) is 32.6 Å². The van der Waals surface area contributed by atoms with Crippen LogP contribution in [0, 0.1) is 0 Å². The predicted octanol–water partition coefficient (Wildman–Crippen LogP) is 1.24. The van der Waals surface area contributed by atoms with Crippen LogP contribution in [0.3, 0.4) is 0 Å². The molecule has 0 rings (SSSR count). The first kappa shape index (κ1) is 9.46. The number of hydrogen-bond donors (Lipinski definition) is 0. The van der Waals surface area contributed by atoms with Gasteiger partial charge in [0.15, 0.2) is 0 Å². The van der Waals surface area contributed by atoms with E-state index in [0.717, 1.165) is 0 Å². The van der Waals surface area contributed by atoms with Crippen molar-refractivity contribution in [3.05, 3.63) is 0 Å². The van der Waals surface area contributed by atoms with E-state index in [4.69, 9.17) is 0 Å². The second-order valence-corrected chi connectivity index (χ2v) is 0.378. The van der Waals surface area contributed by atoms with Gasteiger partial charge in [0.1, 0.15) is 23.7 Å². The van der Waals surface area contributed by atoms with E-state index in [1.807, 2.05) is 0 Å². The molecule has 0 N–H and O–H groups in total. The van der Waals surface area contributed by atoms with E-state index in [1.54, 1.807) is 0 Å². The molecule has 0 aromatic carbocycles. The fraction of sp³-hybridized carbons (Fsp3) is 0. The molecule has 0 aromatic rings. The maximum atomic E-state index is 4.33. The fourth-order valence-corrected chi connectivity index (χ4v) is 0. The molecular weight excluding hydrogens is 293 g/mol. The standard InChI is InChI=1S/Cl2O2.Os/c1-3-4-2;. The molecule has 0 radical (unpaired) electrons. The second kappa shape index (κ2) is 8.93. The Balaban J connectivity index is 0. The molecule has 0 aliphatic rings. The smallest absolute Gasteiger partial charge is 0.102 e. The van der Waals surface area contributed by atoms with Crippen LogP contribution < -0.4 is 0 Å². The van der Waals surface area contributed by atoms with Gasteiger partial charge in [0.25, 0.3) is 0 Å². The Morgan fingerprint density at radius 2 is 1.20 bits per heavy atom. The van der Waals surface area contributed by atoms with Crippen molar-refractivity contribution < 1.29 is 28.7 Å². The molecule has 2 nitrogen and oxygen atoms in total. The quantitative estimate of drug-likeness (QED) is 0.535. The molecule has 0 spiro atoms. The number of rotatable bonds is 1. The third-order valence-corrected chi connectivity index (χ3v) is 0.214. The Labute approximate surface area is 52.7 Å². The fourth-order valence-electron chi connectivity index (χ4n) is 0. The molecule has 0 amide bonds. The molecule has 0 saturated carbocycles. The summed E-state index contributed by atoms with van der Waals surface area (Å²) in [6.07, 6.45) is 0. The predicted molar refractivity (Wildman–Crippen MR) is 13.9 cm³/mol. The normalized spacial score (nSPS) is 6.00. The Morgan fingerprint density at radius 1 is 1.00 bits per heavy atom. The molecular formula is Cl2O2Os. The van der Waals surface area contributed by atoms with Gasteiger partial charge >= 0.3 is 0 Å². The Hall–Kier alpha value is 1.14. The van der Waals surface area contributed by atoms with Gasteiger partial charge in [-0.15, -0.1) is 8.88 Å². The Bertz CT molecular complexity index is 9.61. The number of halogens is 2. The molecule has 0 unspecified atom stereocenters. The van der Waals surface area contributed by atoms with Crippen molar-refractivity contribution >= 4 is 23.7 Å². The summed E-state index contributed by atoms with van der Waals surface area (Å²) < 4.78 is 6.56. The van der Waals surface area contributed by atoms with E-state index in [-0.39, 0.29) is 19.8 Å². The van der Waals surface area contributed by atoms with Crippen molar-refractivity contribution in [2.24, 2.45) is 0 Å². The van der Waals surface area contributed by atoms with Crippen LogP contribution in [0.1, 0.15) is 0 Å². The zero-order valence-electron chi connectivity index (χ0n) is 1.93. The summed E-state index contributed by atoms with van der Waals surface area (Å²) in [5.41, 5.74) is 0. The van der Waals surface area contributed by atoms with E-state index >= 15 is 0 Å². The first-order valence-corrected chi connectivity index (χ1v) is 1.09. The van der Waals surface area contributed by atoms with Crippen molar-refractivity contribution in [2.75, 3.05) is 0 Å².